The average Bonchev–Trinajstić information content (AvgIpc) is 3.91. The largest absolute Gasteiger partial charge is 0.456 e. The number of aromatic nitrogens is 5. The maximum atomic E-state index is 6.49. The minimum absolute atomic E-state index is 0.479. The molecule has 0 unspecified atom stereocenters. The van der Waals surface area contributed by atoms with E-state index in [-0.39, 0.29) is 0 Å². The maximum Gasteiger partial charge on any atom is 0.227 e. The smallest absolute Gasteiger partial charge is 0.227 e. The van der Waals surface area contributed by atoms with Crippen molar-refractivity contribution in [3.63, 3.8) is 0 Å². The lowest BCUT2D eigenvalue weighted by atomic mass is 10.1. The predicted molar refractivity (Wildman–Crippen MR) is 219 cm³/mol. The lowest BCUT2D eigenvalue weighted by Gasteiger charge is -2.09. The fourth-order valence-corrected chi connectivity index (χ4v) is 7.29. The van der Waals surface area contributed by atoms with Crippen molar-refractivity contribution in [2.45, 2.75) is 6.92 Å². The third-order valence-electron chi connectivity index (χ3n) is 9.78. The van der Waals surface area contributed by atoms with Gasteiger partial charge in [-0.2, -0.15) is 0 Å². The van der Waals surface area contributed by atoms with E-state index in [9.17, 15) is 0 Å². The monoisotopic (exact) mass is 697 g/mol. The van der Waals surface area contributed by atoms with Gasteiger partial charge in [0.2, 0.25) is 5.89 Å². The lowest BCUT2D eigenvalue weighted by Crippen LogP contribution is -2.00. The zero-order chi connectivity index (χ0) is 36.2. The molecule has 4 aromatic heterocycles. The number of furan rings is 1. The van der Waals surface area contributed by atoms with Crippen LogP contribution in [0.2, 0.25) is 0 Å². The summed E-state index contributed by atoms with van der Waals surface area (Å²) in [6.45, 7) is 6.11. The highest BCUT2D eigenvalue weighted by Crippen LogP contribution is 2.39. The van der Waals surface area contributed by atoms with Crippen LogP contribution in [0.1, 0.15) is 12.8 Å². The van der Waals surface area contributed by atoms with E-state index in [1.54, 1.807) is 6.08 Å². The van der Waals surface area contributed by atoms with Gasteiger partial charge in [0.1, 0.15) is 16.7 Å². The molecule has 6 aromatic carbocycles. The van der Waals surface area contributed by atoms with Crippen molar-refractivity contribution in [1.82, 2.24) is 24.5 Å². The van der Waals surface area contributed by atoms with Crippen LogP contribution in [-0.2, 0) is 0 Å². The Labute approximate surface area is 309 Å². The van der Waals surface area contributed by atoms with Crippen molar-refractivity contribution in [1.29, 1.82) is 0 Å². The van der Waals surface area contributed by atoms with E-state index >= 15 is 0 Å². The third kappa shape index (κ3) is 5.30. The molecule has 54 heavy (non-hydrogen) atoms. The summed E-state index contributed by atoms with van der Waals surface area (Å²) in [6.07, 6.45) is 5.77. The first-order chi connectivity index (χ1) is 26.6. The van der Waals surface area contributed by atoms with Crippen molar-refractivity contribution in [2.24, 2.45) is 0 Å². The third-order valence-corrected chi connectivity index (χ3v) is 9.78. The molecular formula is C47H31N5O2. The Morgan fingerprint density at radius 3 is 1.91 bits per heavy atom. The second-order valence-electron chi connectivity index (χ2n) is 13.2. The average molecular weight is 698 g/mol. The van der Waals surface area contributed by atoms with Crippen molar-refractivity contribution in [3.8, 4) is 34.2 Å². The number of oxazole rings is 1. The minimum atomic E-state index is 0.479. The van der Waals surface area contributed by atoms with E-state index in [4.69, 9.17) is 28.8 Å². The Morgan fingerprint density at radius 1 is 0.537 bits per heavy atom. The fraction of sp³-hybridized carbons (Fsp3) is 0.0213. The number of benzene rings is 6. The summed E-state index contributed by atoms with van der Waals surface area (Å²) < 4.78 is 15.1. The van der Waals surface area contributed by atoms with Crippen LogP contribution < -0.4 is 0 Å². The summed E-state index contributed by atoms with van der Waals surface area (Å²) in [6, 6.07) is 46.8. The van der Waals surface area contributed by atoms with Crippen LogP contribution in [0.15, 0.2) is 173 Å². The van der Waals surface area contributed by atoms with Gasteiger partial charge in [-0.05, 0) is 49.4 Å². The van der Waals surface area contributed by atoms with Crippen LogP contribution in [0.5, 0.6) is 0 Å². The highest BCUT2D eigenvalue weighted by atomic mass is 16.3. The molecule has 7 heteroatoms. The Bertz CT molecular complexity index is 3070. The second-order valence-corrected chi connectivity index (χ2v) is 13.2. The quantitative estimate of drug-likeness (QED) is 0.154. The SMILES string of the molecule is C=C/C=C(\C=C(/C)n1c2ccccc2c2cc3c(cc21)oc1ccccc13)c1nc2ccc(-c3nc(-c4ccccc4)nc(-c4ccccc4)n3)cc2o1. The van der Waals surface area contributed by atoms with Gasteiger partial charge in [0.15, 0.2) is 23.1 Å². The van der Waals surface area contributed by atoms with Gasteiger partial charge >= 0.3 is 0 Å². The fourth-order valence-electron chi connectivity index (χ4n) is 7.29. The molecule has 0 saturated heterocycles. The van der Waals surface area contributed by atoms with E-state index in [2.05, 4.69) is 72.7 Å². The van der Waals surface area contributed by atoms with Gasteiger partial charge in [0.05, 0.1) is 11.0 Å². The van der Waals surface area contributed by atoms with Crippen molar-refractivity contribution in [2.75, 3.05) is 0 Å². The number of para-hydroxylation sites is 2. The molecule has 0 N–H and O–H groups in total. The van der Waals surface area contributed by atoms with E-state index in [0.29, 0.717) is 28.9 Å². The molecule has 0 aliphatic heterocycles. The van der Waals surface area contributed by atoms with Crippen LogP contribution in [0.4, 0.5) is 0 Å². The number of hydrogen-bond donors (Lipinski definition) is 0. The molecule has 0 radical (unpaired) electrons. The Hall–Kier alpha value is -7.38. The van der Waals surface area contributed by atoms with Crippen molar-refractivity contribution in [3.05, 3.63) is 170 Å². The molecule has 256 valence electrons. The van der Waals surface area contributed by atoms with Gasteiger partial charge in [-0.3, -0.25) is 0 Å². The molecule has 0 fully saturated rings. The number of hydrogen-bond acceptors (Lipinski definition) is 6. The van der Waals surface area contributed by atoms with Gasteiger partial charge in [-0.1, -0.05) is 116 Å². The van der Waals surface area contributed by atoms with Gasteiger partial charge in [-0.25, -0.2) is 19.9 Å². The first-order valence-electron chi connectivity index (χ1n) is 17.8. The molecule has 10 rings (SSSR count). The van der Waals surface area contributed by atoms with Crippen LogP contribution >= 0.6 is 0 Å². The van der Waals surface area contributed by atoms with Crippen LogP contribution in [0.3, 0.4) is 0 Å². The topological polar surface area (TPSA) is 82.8 Å². The van der Waals surface area contributed by atoms with Crippen LogP contribution in [-0.4, -0.2) is 24.5 Å². The molecule has 0 aliphatic carbocycles. The lowest BCUT2D eigenvalue weighted by molar-refractivity contribution is 0.586. The Balaban J connectivity index is 1.07. The highest BCUT2D eigenvalue weighted by Gasteiger charge is 2.18. The summed E-state index contributed by atoms with van der Waals surface area (Å²) in [5.41, 5.74) is 9.61. The standard InChI is InChI=1S/C47H31N5O2/c1-3-14-33(25-29(2)52-39-21-12-10-19-34(39)36-27-37-35-20-11-13-22-41(35)53-42(37)28-40(36)52)47-48-38-24-23-32(26-43(38)54-47)46-50-44(30-15-6-4-7-16-30)49-45(51-46)31-17-8-5-9-18-31/h3-28H,1H2,2H3/b29-25+,33-14+. The molecule has 10 aromatic rings. The first-order valence-corrected chi connectivity index (χ1v) is 17.8. The molecule has 0 aliphatic rings. The zero-order valence-electron chi connectivity index (χ0n) is 29.3. The molecule has 0 bridgehead atoms. The van der Waals surface area contributed by atoms with E-state index in [0.717, 1.165) is 71.8 Å². The van der Waals surface area contributed by atoms with Crippen LogP contribution in [0.25, 0.3) is 100 Å². The molecule has 0 amide bonds. The van der Waals surface area contributed by atoms with E-state index in [1.807, 2.05) is 97.1 Å². The predicted octanol–water partition coefficient (Wildman–Crippen LogP) is 12.2. The molecule has 7 nitrogen and oxygen atoms in total. The zero-order valence-corrected chi connectivity index (χ0v) is 29.3. The molecule has 0 atom stereocenters. The number of nitrogens with zero attached hydrogens (tertiary/aromatic N) is 5. The second kappa shape index (κ2) is 12.7. The molecule has 0 spiro atoms. The minimum Gasteiger partial charge on any atom is -0.456 e. The van der Waals surface area contributed by atoms with Gasteiger partial charge in [0, 0.05) is 55.6 Å². The maximum absolute atomic E-state index is 6.49. The summed E-state index contributed by atoms with van der Waals surface area (Å²) >= 11 is 0. The Morgan fingerprint density at radius 2 is 1.19 bits per heavy atom. The van der Waals surface area contributed by atoms with Gasteiger partial charge in [0.25, 0.3) is 0 Å². The van der Waals surface area contributed by atoms with Crippen molar-refractivity contribution < 1.29 is 8.83 Å². The van der Waals surface area contributed by atoms with Gasteiger partial charge in [-0.15, -0.1) is 0 Å². The summed E-state index contributed by atoms with van der Waals surface area (Å²) in [4.78, 5) is 19.5. The molecular weight excluding hydrogens is 667 g/mol. The highest BCUT2D eigenvalue weighted by molar-refractivity contribution is 6.17. The summed E-state index contributed by atoms with van der Waals surface area (Å²) in [5.74, 6) is 2.22. The first kappa shape index (κ1) is 31.4. The molecule has 4 heterocycles. The number of rotatable bonds is 7. The molecule has 0 saturated carbocycles. The van der Waals surface area contributed by atoms with Gasteiger partial charge < -0.3 is 13.4 Å². The summed E-state index contributed by atoms with van der Waals surface area (Å²) in [5, 5.41) is 4.54. The van der Waals surface area contributed by atoms with E-state index < -0.39 is 0 Å². The normalized spacial score (nSPS) is 12.5. The summed E-state index contributed by atoms with van der Waals surface area (Å²) in [7, 11) is 0. The number of fused-ring (bicyclic) bond motifs is 7. The van der Waals surface area contributed by atoms with E-state index in [1.165, 1.54) is 5.39 Å². The van der Waals surface area contributed by atoms with Crippen molar-refractivity contribution >= 4 is 66.1 Å². The van der Waals surface area contributed by atoms with Crippen LogP contribution in [0, 0.1) is 0 Å². The Kier molecular flexibility index (Phi) is 7.37. The number of allylic oxidation sites excluding steroid dienone is 5.